The second-order valence-electron chi connectivity index (χ2n) is 4.37. The van der Waals surface area contributed by atoms with Crippen LogP contribution in [0, 0.1) is 5.41 Å². The molecule has 0 saturated carbocycles. The van der Waals surface area contributed by atoms with Gasteiger partial charge in [0.1, 0.15) is 0 Å². The molecule has 3 N–H and O–H groups in total. The van der Waals surface area contributed by atoms with Gasteiger partial charge in [-0.15, -0.1) is 11.3 Å². The lowest BCUT2D eigenvalue weighted by atomic mass is 9.92. The zero-order valence-corrected chi connectivity index (χ0v) is 10.2. The Hall–Kier alpha value is -0.870. The van der Waals surface area contributed by atoms with Crippen molar-refractivity contribution in [2.75, 3.05) is 6.54 Å². The topological polar surface area (TPSA) is 55.1 Å². The van der Waals surface area contributed by atoms with Crippen molar-refractivity contribution in [3.63, 3.8) is 0 Å². The molecule has 0 aliphatic carbocycles. The van der Waals surface area contributed by atoms with E-state index in [1.165, 1.54) is 4.88 Å². The van der Waals surface area contributed by atoms with E-state index in [1.54, 1.807) is 11.3 Å². The van der Waals surface area contributed by atoms with Crippen molar-refractivity contribution in [3.05, 3.63) is 22.4 Å². The van der Waals surface area contributed by atoms with E-state index in [9.17, 15) is 4.79 Å². The fourth-order valence-corrected chi connectivity index (χ4v) is 1.89. The molecule has 1 heterocycles. The highest BCUT2D eigenvalue weighted by Crippen LogP contribution is 2.20. The maximum atomic E-state index is 11.1. The number of nitrogens with two attached hydrogens (primary N) is 1. The van der Waals surface area contributed by atoms with Crippen molar-refractivity contribution in [2.45, 2.75) is 26.8 Å². The SMILES string of the molecule is C[C@@H](NCC(C)(C)C(N)=O)c1cccs1. The first kappa shape index (κ1) is 12.2. The summed E-state index contributed by atoms with van der Waals surface area (Å²) in [6.45, 7) is 6.39. The Morgan fingerprint density at radius 3 is 2.80 bits per heavy atom. The number of rotatable bonds is 5. The zero-order valence-electron chi connectivity index (χ0n) is 9.41. The molecule has 15 heavy (non-hydrogen) atoms. The Morgan fingerprint density at radius 2 is 2.33 bits per heavy atom. The summed E-state index contributed by atoms with van der Waals surface area (Å²) in [5.41, 5.74) is 4.80. The number of amides is 1. The summed E-state index contributed by atoms with van der Waals surface area (Å²) in [5.74, 6) is -0.270. The van der Waals surface area contributed by atoms with Crippen molar-refractivity contribution in [3.8, 4) is 0 Å². The van der Waals surface area contributed by atoms with Crippen molar-refractivity contribution in [1.82, 2.24) is 5.32 Å². The second kappa shape index (κ2) is 4.77. The summed E-state index contributed by atoms with van der Waals surface area (Å²) in [7, 11) is 0. The van der Waals surface area contributed by atoms with E-state index < -0.39 is 5.41 Å². The summed E-state index contributed by atoms with van der Waals surface area (Å²) < 4.78 is 0. The molecule has 0 unspecified atom stereocenters. The van der Waals surface area contributed by atoms with E-state index in [0.29, 0.717) is 6.54 Å². The minimum Gasteiger partial charge on any atom is -0.369 e. The first-order chi connectivity index (χ1) is 6.93. The summed E-state index contributed by atoms with van der Waals surface area (Å²) in [5, 5.41) is 5.36. The van der Waals surface area contributed by atoms with Crippen LogP contribution in [0.5, 0.6) is 0 Å². The predicted molar refractivity (Wildman–Crippen MR) is 63.7 cm³/mol. The predicted octanol–water partition coefficient (Wildman–Crippen LogP) is 1.91. The summed E-state index contributed by atoms with van der Waals surface area (Å²) in [6.07, 6.45) is 0. The summed E-state index contributed by atoms with van der Waals surface area (Å²) >= 11 is 1.71. The first-order valence-electron chi connectivity index (χ1n) is 5.00. The van der Waals surface area contributed by atoms with E-state index in [1.807, 2.05) is 25.3 Å². The fourth-order valence-electron chi connectivity index (χ4n) is 1.13. The zero-order chi connectivity index (χ0) is 11.5. The van der Waals surface area contributed by atoms with Crippen LogP contribution < -0.4 is 11.1 Å². The largest absolute Gasteiger partial charge is 0.369 e. The average molecular weight is 226 g/mol. The van der Waals surface area contributed by atoms with Crippen molar-refractivity contribution >= 4 is 17.2 Å². The van der Waals surface area contributed by atoms with Crippen LogP contribution in [0.3, 0.4) is 0 Å². The van der Waals surface area contributed by atoms with E-state index in [4.69, 9.17) is 5.73 Å². The van der Waals surface area contributed by atoms with Gasteiger partial charge in [-0.1, -0.05) is 6.07 Å². The number of carbonyl (C=O) groups excluding carboxylic acids is 1. The Balaban J connectivity index is 2.47. The van der Waals surface area contributed by atoms with Crippen LogP contribution in [0.4, 0.5) is 0 Å². The van der Waals surface area contributed by atoms with Crippen molar-refractivity contribution < 1.29 is 4.79 Å². The van der Waals surface area contributed by atoms with Crippen LogP contribution in [-0.2, 0) is 4.79 Å². The van der Waals surface area contributed by atoms with Gasteiger partial charge in [0.2, 0.25) is 5.91 Å². The van der Waals surface area contributed by atoms with Crippen LogP contribution in [0.25, 0.3) is 0 Å². The lowest BCUT2D eigenvalue weighted by molar-refractivity contribution is -0.125. The molecule has 0 aromatic carbocycles. The molecule has 0 spiro atoms. The van der Waals surface area contributed by atoms with Gasteiger partial charge >= 0.3 is 0 Å². The molecule has 84 valence electrons. The molecule has 1 rings (SSSR count). The van der Waals surface area contributed by atoms with Crippen LogP contribution >= 0.6 is 11.3 Å². The molecular formula is C11H18N2OS. The monoisotopic (exact) mass is 226 g/mol. The van der Waals surface area contributed by atoms with Gasteiger partial charge in [-0.25, -0.2) is 0 Å². The van der Waals surface area contributed by atoms with Crippen molar-refractivity contribution in [1.29, 1.82) is 0 Å². The maximum absolute atomic E-state index is 11.1. The first-order valence-corrected chi connectivity index (χ1v) is 5.88. The number of primary amides is 1. The van der Waals surface area contributed by atoms with Crippen LogP contribution in [0.2, 0.25) is 0 Å². The third-order valence-electron chi connectivity index (χ3n) is 2.49. The third-order valence-corrected chi connectivity index (χ3v) is 3.54. The summed E-state index contributed by atoms with van der Waals surface area (Å²) in [6, 6.07) is 4.38. The highest BCUT2D eigenvalue weighted by molar-refractivity contribution is 7.10. The van der Waals surface area contributed by atoms with Crippen LogP contribution in [0.15, 0.2) is 17.5 Å². The van der Waals surface area contributed by atoms with Crippen LogP contribution in [-0.4, -0.2) is 12.5 Å². The third kappa shape index (κ3) is 3.32. The minimum absolute atomic E-state index is 0.267. The van der Waals surface area contributed by atoms with Gasteiger partial charge in [0, 0.05) is 17.5 Å². The average Bonchev–Trinajstić information content (AvgIpc) is 2.66. The Labute approximate surface area is 94.7 Å². The molecule has 0 aliphatic heterocycles. The smallest absolute Gasteiger partial charge is 0.224 e. The van der Waals surface area contributed by atoms with Gasteiger partial charge in [0.05, 0.1) is 5.41 Å². The normalized spacial score (nSPS) is 13.8. The lowest BCUT2D eigenvalue weighted by Gasteiger charge is -2.23. The van der Waals surface area contributed by atoms with Crippen LogP contribution in [0.1, 0.15) is 31.7 Å². The fraction of sp³-hybridized carbons (Fsp3) is 0.545. The number of hydrogen-bond acceptors (Lipinski definition) is 3. The second-order valence-corrected chi connectivity index (χ2v) is 5.35. The quantitative estimate of drug-likeness (QED) is 0.806. The lowest BCUT2D eigenvalue weighted by Crippen LogP contribution is -2.41. The minimum atomic E-state index is -0.495. The van der Waals surface area contributed by atoms with E-state index in [0.717, 1.165) is 0 Å². The number of hydrogen-bond donors (Lipinski definition) is 2. The molecule has 0 fully saturated rings. The number of carbonyl (C=O) groups is 1. The van der Waals surface area contributed by atoms with E-state index in [-0.39, 0.29) is 11.9 Å². The molecule has 4 heteroatoms. The molecule has 3 nitrogen and oxygen atoms in total. The van der Waals surface area contributed by atoms with Gasteiger partial charge < -0.3 is 11.1 Å². The van der Waals surface area contributed by atoms with Crippen molar-refractivity contribution in [2.24, 2.45) is 11.1 Å². The molecule has 1 aromatic heterocycles. The molecule has 0 bridgehead atoms. The Bertz CT molecular complexity index is 319. The Kier molecular flexibility index (Phi) is 3.88. The van der Waals surface area contributed by atoms with Gasteiger partial charge in [0.25, 0.3) is 0 Å². The summed E-state index contributed by atoms with van der Waals surface area (Å²) in [4.78, 5) is 12.4. The number of nitrogens with one attached hydrogen (secondary N) is 1. The van der Waals surface area contributed by atoms with E-state index >= 15 is 0 Å². The molecule has 0 radical (unpaired) electrons. The molecule has 1 aromatic rings. The van der Waals surface area contributed by atoms with E-state index in [2.05, 4.69) is 18.3 Å². The van der Waals surface area contributed by atoms with Gasteiger partial charge in [-0.3, -0.25) is 4.79 Å². The highest BCUT2D eigenvalue weighted by Gasteiger charge is 2.25. The Morgan fingerprint density at radius 1 is 1.67 bits per heavy atom. The maximum Gasteiger partial charge on any atom is 0.224 e. The van der Waals surface area contributed by atoms with Gasteiger partial charge in [0.15, 0.2) is 0 Å². The highest BCUT2D eigenvalue weighted by atomic mass is 32.1. The van der Waals surface area contributed by atoms with Gasteiger partial charge in [-0.2, -0.15) is 0 Å². The van der Waals surface area contributed by atoms with Gasteiger partial charge in [-0.05, 0) is 32.2 Å². The molecule has 1 atom stereocenters. The molecule has 0 saturated heterocycles. The molecule has 0 aliphatic rings. The molecule has 1 amide bonds. The number of thiophene rings is 1. The standard InChI is InChI=1S/C11H18N2OS/c1-8(9-5-4-6-15-9)13-7-11(2,3)10(12)14/h4-6,8,13H,7H2,1-3H3,(H2,12,14)/t8-/m1/s1. The molecular weight excluding hydrogens is 208 g/mol.